The summed E-state index contributed by atoms with van der Waals surface area (Å²) in [6, 6.07) is 8.12. The Bertz CT molecular complexity index is 732. The van der Waals surface area contributed by atoms with Crippen LogP contribution in [-0.2, 0) is 14.3 Å². The van der Waals surface area contributed by atoms with Crippen LogP contribution in [0.3, 0.4) is 0 Å². The van der Waals surface area contributed by atoms with Gasteiger partial charge in [-0.25, -0.2) is 0 Å². The smallest absolute Gasteiger partial charge is 0.223 e. The molecule has 4 atom stereocenters. The number of ether oxygens (including phenoxy) is 2. The number of carbonyl (C=O) groups is 2. The molecule has 3 aliphatic rings. The molecule has 0 bridgehead atoms. The summed E-state index contributed by atoms with van der Waals surface area (Å²) in [7, 11) is 0. The van der Waals surface area contributed by atoms with Crippen molar-refractivity contribution in [1.29, 1.82) is 0 Å². The minimum atomic E-state index is -0.438. The quantitative estimate of drug-likeness (QED) is 0.898. The molecule has 4 rings (SSSR count). The minimum absolute atomic E-state index is 0.00290. The Kier molecular flexibility index (Phi) is 4.18. The Morgan fingerprint density at radius 1 is 1.27 bits per heavy atom. The van der Waals surface area contributed by atoms with Gasteiger partial charge in [-0.1, -0.05) is 18.2 Å². The van der Waals surface area contributed by atoms with Gasteiger partial charge in [0.25, 0.3) is 0 Å². The van der Waals surface area contributed by atoms with Gasteiger partial charge in [0.2, 0.25) is 11.8 Å². The molecule has 2 saturated heterocycles. The molecule has 3 aliphatic heterocycles. The van der Waals surface area contributed by atoms with Gasteiger partial charge in [0, 0.05) is 30.9 Å². The molecule has 0 spiro atoms. The number of amides is 2. The van der Waals surface area contributed by atoms with Gasteiger partial charge in [0.05, 0.1) is 18.2 Å². The van der Waals surface area contributed by atoms with E-state index in [1.54, 1.807) is 0 Å². The van der Waals surface area contributed by atoms with Gasteiger partial charge >= 0.3 is 0 Å². The first-order valence-electron chi connectivity index (χ1n) is 9.38. The summed E-state index contributed by atoms with van der Waals surface area (Å²) in [5.74, 6) is 0.619. The fourth-order valence-corrected chi connectivity index (χ4v) is 4.72. The number of benzene rings is 1. The van der Waals surface area contributed by atoms with Crippen molar-refractivity contribution >= 4 is 11.8 Å². The summed E-state index contributed by atoms with van der Waals surface area (Å²) in [6.45, 7) is 4.87. The van der Waals surface area contributed by atoms with Crippen LogP contribution in [-0.4, -0.2) is 41.0 Å². The molecular weight excluding hydrogens is 332 g/mol. The second-order valence-electron chi connectivity index (χ2n) is 8.09. The highest BCUT2D eigenvalue weighted by molar-refractivity contribution is 5.83. The average molecular weight is 358 g/mol. The van der Waals surface area contributed by atoms with E-state index in [1.165, 1.54) is 0 Å². The maximum Gasteiger partial charge on any atom is 0.223 e. The predicted octanol–water partition coefficient (Wildman–Crippen LogP) is 2.17. The van der Waals surface area contributed by atoms with Gasteiger partial charge < -0.3 is 20.1 Å². The van der Waals surface area contributed by atoms with Crippen molar-refractivity contribution in [1.82, 2.24) is 4.90 Å². The Hall–Kier alpha value is -2.08. The van der Waals surface area contributed by atoms with Crippen molar-refractivity contribution in [2.24, 2.45) is 11.7 Å². The average Bonchev–Trinajstić information content (AvgIpc) is 3.01. The van der Waals surface area contributed by atoms with E-state index in [9.17, 15) is 9.59 Å². The zero-order valence-electron chi connectivity index (χ0n) is 15.3. The molecule has 6 heteroatoms. The van der Waals surface area contributed by atoms with Crippen LogP contribution in [0.1, 0.15) is 51.2 Å². The maximum absolute atomic E-state index is 12.6. The van der Waals surface area contributed by atoms with Crippen LogP contribution >= 0.6 is 0 Å². The first-order chi connectivity index (χ1) is 12.4. The fourth-order valence-electron chi connectivity index (χ4n) is 4.72. The zero-order chi connectivity index (χ0) is 18.5. The van der Waals surface area contributed by atoms with E-state index in [2.05, 4.69) is 19.9 Å². The Morgan fingerprint density at radius 3 is 2.81 bits per heavy atom. The van der Waals surface area contributed by atoms with Crippen molar-refractivity contribution in [2.75, 3.05) is 6.54 Å². The topological polar surface area (TPSA) is 81.9 Å². The molecule has 0 unspecified atom stereocenters. The predicted molar refractivity (Wildman–Crippen MR) is 95.4 cm³/mol. The molecular formula is C20H26N2O4. The van der Waals surface area contributed by atoms with E-state index in [-0.39, 0.29) is 48.5 Å². The Morgan fingerprint density at radius 2 is 2.04 bits per heavy atom. The molecule has 6 nitrogen and oxygen atoms in total. The van der Waals surface area contributed by atoms with Crippen LogP contribution in [0, 0.1) is 5.92 Å². The van der Waals surface area contributed by atoms with Crippen molar-refractivity contribution in [3.63, 3.8) is 0 Å². The number of likely N-dealkylation sites (tertiary alicyclic amines) is 1. The lowest BCUT2D eigenvalue weighted by Gasteiger charge is -2.50. The van der Waals surface area contributed by atoms with Crippen molar-refractivity contribution in [3.05, 3.63) is 29.8 Å². The maximum atomic E-state index is 12.6. The number of hydrogen-bond donors (Lipinski definition) is 1. The number of hydrogen-bond acceptors (Lipinski definition) is 4. The van der Waals surface area contributed by atoms with Crippen LogP contribution in [0.4, 0.5) is 0 Å². The molecule has 3 heterocycles. The standard InChI is InChI=1S/C20H26N2O4/c1-20(2)13-11-14-16(9-10-22(14)18(24)8-7-17(21)23)25-19(13)12-5-3-4-6-15(12)26-20/h3-6,13-14,16,19H,7-11H2,1-2H3,(H2,21,23)/t13-,14-,16-,19+/m1/s1. The highest BCUT2D eigenvalue weighted by Crippen LogP contribution is 2.52. The Labute approximate surface area is 153 Å². The summed E-state index contributed by atoms with van der Waals surface area (Å²) in [5.41, 5.74) is 5.93. The van der Waals surface area contributed by atoms with Crippen LogP contribution in [0.25, 0.3) is 0 Å². The highest BCUT2D eigenvalue weighted by Gasteiger charge is 2.53. The molecule has 26 heavy (non-hydrogen) atoms. The van der Waals surface area contributed by atoms with Gasteiger partial charge in [-0.3, -0.25) is 9.59 Å². The van der Waals surface area contributed by atoms with Crippen LogP contribution in [0.15, 0.2) is 24.3 Å². The molecule has 2 amide bonds. The minimum Gasteiger partial charge on any atom is -0.487 e. The molecule has 1 aromatic rings. The second kappa shape index (κ2) is 6.27. The summed E-state index contributed by atoms with van der Waals surface area (Å²) in [4.78, 5) is 25.4. The molecule has 0 aromatic heterocycles. The third-order valence-electron chi connectivity index (χ3n) is 6.06. The monoisotopic (exact) mass is 358 g/mol. The van der Waals surface area contributed by atoms with Gasteiger partial charge in [0.15, 0.2) is 0 Å². The van der Waals surface area contributed by atoms with Crippen molar-refractivity contribution < 1.29 is 19.1 Å². The van der Waals surface area contributed by atoms with E-state index < -0.39 is 5.91 Å². The lowest BCUT2D eigenvalue weighted by Crippen LogP contribution is -2.54. The number of fused-ring (bicyclic) bond motifs is 4. The second-order valence-corrected chi connectivity index (χ2v) is 8.09. The number of carbonyl (C=O) groups excluding carboxylic acids is 2. The fraction of sp³-hybridized carbons (Fsp3) is 0.600. The van der Waals surface area contributed by atoms with Gasteiger partial charge in [-0.15, -0.1) is 0 Å². The number of primary amides is 1. The summed E-state index contributed by atoms with van der Waals surface area (Å²) in [5, 5.41) is 0. The number of rotatable bonds is 3. The molecule has 0 radical (unpaired) electrons. The zero-order valence-corrected chi connectivity index (χ0v) is 15.3. The number of para-hydroxylation sites is 1. The van der Waals surface area contributed by atoms with Crippen LogP contribution in [0.2, 0.25) is 0 Å². The third-order valence-corrected chi connectivity index (χ3v) is 6.06. The lowest BCUT2D eigenvalue weighted by molar-refractivity contribution is -0.167. The molecule has 2 N–H and O–H groups in total. The SMILES string of the molecule is CC1(C)Oc2ccccc2[C@@H]2O[C@@H]3CCN(C(=O)CCC(N)=O)[C@@H]3C[C@H]21. The van der Waals surface area contributed by atoms with Crippen LogP contribution < -0.4 is 10.5 Å². The number of nitrogens with zero attached hydrogens (tertiary/aromatic N) is 1. The van der Waals surface area contributed by atoms with E-state index in [0.29, 0.717) is 6.54 Å². The molecule has 140 valence electrons. The molecule has 2 fully saturated rings. The summed E-state index contributed by atoms with van der Waals surface area (Å²) >= 11 is 0. The first kappa shape index (κ1) is 17.3. The van der Waals surface area contributed by atoms with E-state index >= 15 is 0 Å². The Balaban J connectivity index is 1.57. The van der Waals surface area contributed by atoms with Crippen molar-refractivity contribution in [2.45, 2.75) is 63.4 Å². The summed E-state index contributed by atoms with van der Waals surface area (Å²) in [6.07, 6.45) is 1.99. The highest BCUT2D eigenvalue weighted by atomic mass is 16.5. The van der Waals surface area contributed by atoms with Crippen LogP contribution in [0.5, 0.6) is 5.75 Å². The van der Waals surface area contributed by atoms with E-state index in [1.807, 2.05) is 23.1 Å². The lowest BCUT2D eigenvalue weighted by atomic mass is 9.74. The van der Waals surface area contributed by atoms with Crippen molar-refractivity contribution in [3.8, 4) is 5.75 Å². The first-order valence-corrected chi connectivity index (χ1v) is 9.38. The molecule has 0 aliphatic carbocycles. The number of nitrogens with two attached hydrogens (primary N) is 1. The third kappa shape index (κ3) is 2.86. The summed E-state index contributed by atoms with van der Waals surface area (Å²) < 4.78 is 12.8. The molecule has 1 aromatic carbocycles. The molecule has 0 saturated carbocycles. The van der Waals surface area contributed by atoms with Gasteiger partial charge in [0.1, 0.15) is 11.4 Å². The van der Waals surface area contributed by atoms with E-state index in [0.717, 1.165) is 24.2 Å². The normalized spacial score (nSPS) is 31.4. The van der Waals surface area contributed by atoms with E-state index in [4.69, 9.17) is 15.2 Å². The van der Waals surface area contributed by atoms with Gasteiger partial charge in [-0.05, 0) is 32.8 Å². The van der Waals surface area contributed by atoms with Gasteiger partial charge in [-0.2, -0.15) is 0 Å². The largest absolute Gasteiger partial charge is 0.487 e.